The van der Waals surface area contributed by atoms with E-state index in [9.17, 15) is 9.59 Å². The van der Waals surface area contributed by atoms with E-state index in [4.69, 9.17) is 5.11 Å². The van der Waals surface area contributed by atoms with Crippen molar-refractivity contribution in [2.24, 2.45) is 0 Å². The quantitative estimate of drug-likeness (QED) is 0.773. The van der Waals surface area contributed by atoms with E-state index in [0.29, 0.717) is 11.4 Å². The predicted octanol–water partition coefficient (Wildman–Crippen LogP) is 1.44. The molecule has 3 N–H and O–H groups in total. The van der Waals surface area contributed by atoms with Crippen molar-refractivity contribution in [1.29, 1.82) is 0 Å². The summed E-state index contributed by atoms with van der Waals surface area (Å²) in [7, 11) is 0. The van der Waals surface area contributed by atoms with Crippen LogP contribution in [0.15, 0.2) is 23.1 Å². The van der Waals surface area contributed by atoms with Gasteiger partial charge in [0, 0.05) is 10.6 Å². The molecule has 1 aromatic carbocycles. The summed E-state index contributed by atoms with van der Waals surface area (Å²) >= 11 is 1.49. The Morgan fingerprint density at radius 3 is 3.06 bits per heavy atom. The molecule has 2 amide bonds. The Morgan fingerprint density at radius 2 is 2.33 bits per heavy atom. The second-order valence-electron chi connectivity index (χ2n) is 3.98. The van der Waals surface area contributed by atoms with Crippen molar-refractivity contribution in [3.63, 3.8) is 0 Å². The number of thioether (sulfide) groups is 1. The minimum atomic E-state index is -0.249. The number of carbonyl (C=O) groups is 2. The number of amides is 2. The first kappa shape index (κ1) is 12.9. The normalized spacial score (nSPS) is 17.9. The average molecular weight is 266 g/mol. The van der Waals surface area contributed by atoms with Gasteiger partial charge in [-0.05, 0) is 25.1 Å². The van der Waals surface area contributed by atoms with E-state index in [1.807, 2.05) is 13.0 Å². The van der Waals surface area contributed by atoms with E-state index in [-0.39, 0.29) is 30.1 Å². The topological polar surface area (TPSA) is 78.4 Å². The summed E-state index contributed by atoms with van der Waals surface area (Å²) in [5.41, 5.74) is 1.33. The number of aliphatic hydroxyl groups excluding tert-OH is 1. The van der Waals surface area contributed by atoms with Crippen molar-refractivity contribution >= 4 is 35.0 Å². The summed E-state index contributed by atoms with van der Waals surface area (Å²) in [6.45, 7) is 1.67. The van der Waals surface area contributed by atoms with Crippen LogP contribution < -0.4 is 10.6 Å². The fourth-order valence-electron chi connectivity index (χ4n) is 1.61. The van der Waals surface area contributed by atoms with Gasteiger partial charge < -0.3 is 15.7 Å². The van der Waals surface area contributed by atoms with Crippen molar-refractivity contribution in [2.45, 2.75) is 23.5 Å². The number of aliphatic hydroxyl groups is 1. The Hall–Kier alpha value is -1.53. The van der Waals surface area contributed by atoms with Gasteiger partial charge in [-0.25, -0.2) is 0 Å². The molecule has 2 rings (SSSR count). The van der Waals surface area contributed by atoms with Gasteiger partial charge in [0.05, 0.1) is 24.0 Å². The van der Waals surface area contributed by atoms with Crippen molar-refractivity contribution in [1.82, 2.24) is 0 Å². The highest BCUT2D eigenvalue weighted by atomic mass is 32.2. The van der Waals surface area contributed by atoms with Crippen LogP contribution in [0.25, 0.3) is 0 Å². The molecule has 0 radical (unpaired) electrons. The lowest BCUT2D eigenvalue weighted by molar-refractivity contribution is -0.117. The molecule has 1 aliphatic heterocycles. The van der Waals surface area contributed by atoms with Crippen LogP contribution in [0, 0.1) is 0 Å². The van der Waals surface area contributed by atoms with Gasteiger partial charge in [-0.2, -0.15) is 0 Å². The Labute approximate surface area is 109 Å². The van der Waals surface area contributed by atoms with E-state index in [2.05, 4.69) is 10.6 Å². The highest BCUT2D eigenvalue weighted by molar-refractivity contribution is 8.00. The standard InChI is InChI=1S/C12H14N2O3S/c1-7-12(17)14-9-6-8(2-3-10(9)18-7)13-11(16)4-5-15/h2-3,6-7,15H,4-5H2,1H3,(H,13,16)(H,14,17). The maximum absolute atomic E-state index is 11.5. The van der Waals surface area contributed by atoms with Crippen molar-refractivity contribution in [3.8, 4) is 0 Å². The third-order valence-electron chi connectivity index (χ3n) is 2.53. The predicted molar refractivity (Wildman–Crippen MR) is 70.7 cm³/mol. The minimum Gasteiger partial charge on any atom is -0.396 e. The third kappa shape index (κ3) is 2.83. The van der Waals surface area contributed by atoms with Gasteiger partial charge >= 0.3 is 0 Å². The molecule has 1 aromatic rings. The summed E-state index contributed by atoms with van der Waals surface area (Å²) in [4.78, 5) is 23.9. The van der Waals surface area contributed by atoms with Gasteiger partial charge in [-0.15, -0.1) is 11.8 Å². The molecule has 1 atom stereocenters. The number of hydrogen-bond donors (Lipinski definition) is 3. The summed E-state index contributed by atoms with van der Waals surface area (Å²) in [5, 5.41) is 14.0. The molecule has 0 fully saturated rings. The van der Waals surface area contributed by atoms with Crippen LogP contribution >= 0.6 is 11.8 Å². The monoisotopic (exact) mass is 266 g/mol. The molecule has 1 aliphatic rings. The molecule has 5 nitrogen and oxygen atoms in total. The molecule has 0 spiro atoms. The fourth-order valence-corrected chi connectivity index (χ4v) is 2.54. The first-order valence-electron chi connectivity index (χ1n) is 5.62. The molecule has 0 saturated carbocycles. The SMILES string of the molecule is CC1Sc2ccc(NC(=O)CCO)cc2NC1=O. The number of carbonyl (C=O) groups excluding carboxylic acids is 2. The smallest absolute Gasteiger partial charge is 0.237 e. The van der Waals surface area contributed by atoms with Crippen LogP contribution in [0.1, 0.15) is 13.3 Å². The molecule has 0 aromatic heterocycles. The van der Waals surface area contributed by atoms with Crippen molar-refractivity contribution < 1.29 is 14.7 Å². The lowest BCUT2D eigenvalue weighted by atomic mass is 10.2. The van der Waals surface area contributed by atoms with Gasteiger partial charge in [0.1, 0.15) is 0 Å². The van der Waals surface area contributed by atoms with E-state index in [0.717, 1.165) is 4.90 Å². The van der Waals surface area contributed by atoms with Crippen molar-refractivity contribution in [2.75, 3.05) is 17.2 Å². The Morgan fingerprint density at radius 1 is 1.56 bits per heavy atom. The van der Waals surface area contributed by atoms with E-state index in [1.165, 1.54) is 11.8 Å². The van der Waals surface area contributed by atoms with Gasteiger partial charge in [0.25, 0.3) is 0 Å². The maximum atomic E-state index is 11.5. The fraction of sp³-hybridized carbons (Fsp3) is 0.333. The van der Waals surface area contributed by atoms with Crippen LogP contribution in [-0.2, 0) is 9.59 Å². The van der Waals surface area contributed by atoms with E-state index >= 15 is 0 Å². The molecule has 1 heterocycles. The molecule has 0 bridgehead atoms. The van der Waals surface area contributed by atoms with E-state index < -0.39 is 0 Å². The van der Waals surface area contributed by atoms with E-state index in [1.54, 1.807) is 12.1 Å². The largest absolute Gasteiger partial charge is 0.396 e. The molecule has 18 heavy (non-hydrogen) atoms. The number of nitrogens with one attached hydrogen (secondary N) is 2. The number of benzene rings is 1. The summed E-state index contributed by atoms with van der Waals surface area (Å²) in [6, 6.07) is 5.37. The van der Waals surface area contributed by atoms with Gasteiger partial charge in [0.2, 0.25) is 11.8 Å². The molecule has 6 heteroatoms. The number of fused-ring (bicyclic) bond motifs is 1. The lowest BCUT2D eigenvalue weighted by Gasteiger charge is -2.21. The average Bonchev–Trinajstić information content (AvgIpc) is 2.31. The van der Waals surface area contributed by atoms with Gasteiger partial charge in [-0.3, -0.25) is 9.59 Å². The van der Waals surface area contributed by atoms with Crippen LogP contribution in [0.2, 0.25) is 0 Å². The van der Waals surface area contributed by atoms with Crippen LogP contribution in [0.3, 0.4) is 0 Å². The zero-order valence-corrected chi connectivity index (χ0v) is 10.7. The zero-order valence-electron chi connectivity index (χ0n) is 9.90. The highest BCUT2D eigenvalue weighted by Gasteiger charge is 2.23. The highest BCUT2D eigenvalue weighted by Crippen LogP contribution is 2.36. The second kappa shape index (κ2) is 5.41. The Balaban J connectivity index is 2.15. The summed E-state index contributed by atoms with van der Waals surface area (Å²) in [6.07, 6.45) is 0.0647. The molecular weight excluding hydrogens is 252 g/mol. The molecule has 1 unspecified atom stereocenters. The molecular formula is C12H14N2O3S. The summed E-state index contributed by atoms with van der Waals surface area (Å²) in [5.74, 6) is -0.285. The first-order valence-corrected chi connectivity index (χ1v) is 6.50. The van der Waals surface area contributed by atoms with Gasteiger partial charge in [-0.1, -0.05) is 0 Å². The Bertz CT molecular complexity index is 490. The lowest BCUT2D eigenvalue weighted by Crippen LogP contribution is -2.26. The third-order valence-corrected chi connectivity index (χ3v) is 3.71. The van der Waals surface area contributed by atoms with Crippen LogP contribution in [0.5, 0.6) is 0 Å². The van der Waals surface area contributed by atoms with Crippen LogP contribution in [-0.4, -0.2) is 28.8 Å². The molecule has 0 saturated heterocycles. The Kier molecular flexibility index (Phi) is 3.88. The number of hydrogen-bond acceptors (Lipinski definition) is 4. The first-order chi connectivity index (χ1) is 8.60. The molecule has 96 valence electrons. The number of rotatable bonds is 3. The zero-order chi connectivity index (χ0) is 13.1. The number of anilines is 2. The van der Waals surface area contributed by atoms with Crippen molar-refractivity contribution in [3.05, 3.63) is 18.2 Å². The van der Waals surface area contributed by atoms with Gasteiger partial charge in [0.15, 0.2) is 0 Å². The maximum Gasteiger partial charge on any atom is 0.237 e. The summed E-state index contributed by atoms with van der Waals surface area (Å²) < 4.78 is 0. The molecule has 0 aliphatic carbocycles. The second-order valence-corrected chi connectivity index (χ2v) is 5.36. The minimum absolute atomic E-state index is 0.0358. The van der Waals surface area contributed by atoms with Crippen LogP contribution in [0.4, 0.5) is 11.4 Å².